The fourth-order valence-electron chi connectivity index (χ4n) is 4.26. The quantitative estimate of drug-likeness (QED) is 0.813. The Balaban J connectivity index is 1.75. The number of hydrogen-bond acceptors (Lipinski definition) is 4. The molecule has 0 radical (unpaired) electrons. The third-order valence-corrected chi connectivity index (χ3v) is 7.54. The van der Waals surface area contributed by atoms with Gasteiger partial charge in [0.05, 0.1) is 4.90 Å². The molecule has 7 nitrogen and oxygen atoms in total. The lowest BCUT2D eigenvalue weighted by atomic mass is 10.0. The third kappa shape index (κ3) is 3.61. The molecule has 2 heterocycles. The Kier molecular flexibility index (Phi) is 5.38. The van der Waals surface area contributed by atoms with Gasteiger partial charge in [-0.2, -0.15) is 4.31 Å². The first-order chi connectivity index (χ1) is 14.3. The summed E-state index contributed by atoms with van der Waals surface area (Å²) in [6, 6.07) is 11.3. The van der Waals surface area contributed by atoms with E-state index in [1.165, 1.54) is 17.3 Å². The number of carbonyl (C=O) groups excluding carboxylic acids is 2. The highest BCUT2D eigenvalue weighted by Crippen LogP contribution is 2.34. The van der Waals surface area contributed by atoms with Crippen LogP contribution in [-0.2, 0) is 26.0 Å². The van der Waals surface area contributed by atoms with Gasteiger partial charge in [-0.3, -0.25) is 9.59 Å². The molecule has 30 heavy (non-hydrogen) atoms. The van der Waals surface area contributed by atoms with Crippen LogP contribution in [0.15, 0.2) is 47.4 Å². The Morgan fingerprint density at radius 3 is 2.67 bits per heavy atom. The first-order valence-corrected chi connectivity index (χ1v) is 11.5. The predicted octanol–water partition coefficient (Wildman–Crippen LogP) is 2.16. The molecule has 4 rings (SSSR count). The van der Waals surface area contributed by atoms with Crippen molar-refractivity contribution < 1.29 is 18.0 Å². The van der Waals surface area contributed by atoms with E-state index in [-0.39, 0.29) is 29.8 Å². The second-order valence-corrected chi connectivity index (χ2v) is 9.68. The third-order valence-electron chi connectivity index (χ3n) is 5.68. The lowest BCUT2D eigenvalue weighted by molar-refractivity contribution is -0.127. The lowest BCUT2D eigenvalue weighted by Crippen LogP contribution is -2.52. The van der Waals surface area contributed by atoms with E-state index in [0.717, 1.165) is 23.2 Å². The molecule has 0 aliphatic carbocycles. The van der Waals surface area contributed by atoms with Crippen molar-refractivity contribution >= 4 is 27.5 Å². The number of amides is 2. The second-order valence-electron chi connectivity index (χ2n) is 7.79. The van der Waals surface area contributed by atoms with Gasteiger partial charge in [0.1, 0.15) is 6.04 Å². The van der Waals surface area contributed by atoms with Crippen molar-refractivity contribution in [1.29, 1.82) is 0 Å². The monoisotopic (exact) mass is 427 g/mol. The van der Waals surface area contributed by atoms with Crippen molar-refractivity contribution in [2.24, 2.45) is 0 Å². The average Bonchev–Trinajstić information content (AvgIpc) is 2.72. The molecule has 1 saturated heterocycles. The van der Waals surface area contributed by atoms with Gasteiger partial charge in [-0.25, -0.2) is 8.42 Å². The summed E-state index contributed by atoms with van der Waals surface area (Å²) in [4.78, 5) is 26.4. The number of hydrogen-bond donors (Lipinski definition) is 1. The van der Waals surface area contributed by atoms with Crippen molar-refractivity contribution in [2.45, 2.75) is 37.6 Å². The fourth-order valence-corrected chi connectivity index (χ4v) is 5.89. The molecule has 1 N–H and O–H groups in total. The molecular weight excluding hydrogens is 402 g/mol. The Morgan fingerprint density at radius 1 is 1.13 bits per heavy atom. The Hall–Kier alpha value is -2.71. The van der Waals surface area contributed by atoms with Crippen LogP contribution < -0.4 is 10.2 Å². The van der Waals surface area contributed by atoms with Gasteiger partial charge in [-0.1, -0.05) is 29.8 Å². The van der Waals surface area contributed by atoms with Gasteiger partial charge in [0.15, 0.2) is 0 Å². The van der Waals surface area contributed by atoms with Crippen LogP contribution in [0, 0.1) is 6.92 Å². The number of piperazine rings is 1. The molecule has 8 heteroatoms. The van der Waals surface area contributed by atoms with E-state index in [9.17, 15) is 18.0 Å². The van der Waals surface area contributed by atoms with Crippen molar-refractivity contribution in [1.82, 2.24) is 9.62 Å². The summed E-state index contributed by atoms with van der Waals surface area (Å²) in [5.74, 6) is -0.380. The summed E-state index contributed by atoms with van der Waals surface area (Å²) >= 11 is 0. The second kappa shape index (κ2) is 7.85. The van der Waals surface area contributed by atoms with Crippen molar-refractivity contribution in [3.63, 3.8) is 0 Å². The van der Waals surface area contributed by atoms with Crippen molar-refractivity contribution in [3.05, 3.63) is 59.2 Å². The van der Waals surface area contributed by atoms with E-state index in [2.05, 4.69) is 5.32 Å². The minimum absolute atomic E-state index is 0.0567. The standard InChI is InChI=1S/C22H25N3O4S/c1-15-5-3-6-18(13-15)21-22(27)23-10-12-25(21)30(28,29)19-8-9-20-17(14-19)7-4-11-24(20)16(2)26/h3,5-6,8-9,13-14,21H,4,7,10-12H2,1-2H3,(H,23,27). The number of aryl methyl sites for hydroxylation is 2. The SMILES string of the molecule is CC(=O)N1CCCc2cc(S(=O)(=O)N3CCNC(=O)C3c3cccc(C)c3)ccc21. The average molecular weight is 428 g/mol. The predicted molar refractivity (Wildman–Crippen MR) is 114 cm³/mol. The maximum atomic E-state index is 13.6. The number of fused-ring (bicyclic) bond motifs is 1. The molecule has 2 aromatic rings. The number of benzene rings is 2. The zero-order valence-electron chi connectivity index (χ0n) is 17.1. The van der Waals surface area contributed by atoms with Crippen LogP contribution in [0.5, 0.6) is 0 Å². The minimum Gasteiger partial charge on any atom is -0.353 e. The zero-order valence-corrected chi connectivity index (χ0v) is 17.9. The van der Waals surface area contributed by atoms with Crippen LogP contribution in [0.25, 0.3) is 0 Å². The molecule has 0 aromatic heterocycles. The van der Waals surface area contributed by atoms with E-state index in [1.807, 2.05) is 25.1 Å². The largest absolute Gasteiger partial charge is 0.353 e. The number of sulfonamides is 1. The van der Waals surface area contributed by atoms with Crippen LogP contribution in [0.2, 0.25) is 0 Å². The highest BCUT2D eigenvalue weighted by molar-refractivity contribution is 7.89. The summed E-state index contributed by atoms with van der Waals surface area (Å²) in [7, 11) is -3.91. The first kappa shape index (κ1) is 20.6. The normalized spacial score (nSPS) is 19.9. The van der Waals surface area contributed by atoms with Gasteiger partial charge in [0, 0.05) is 32.2 Å². The topological polar surface area (TPSA) is 86.8 Å². The fraction of sp³-hybridized carbons (Fsp3) is 0.364. The Bertz CT molecular complexity index is 1110. The van der Waals surface area contributed by atoms with E-state index in [1.54, 1.807) is 23.1 Å². The molecule has 158 valence electrons. The highest BCUT2D eigenvalue weighted by atomic mass is 32.2. The maximum absolute atomic E-state index is 13.6. The minimum atomic E-state index is -3.91. The molecule has 0 spiro atoms. The summed E-state index contributed by atoms with van der Waals surface area (Å²) in [5.41, 5.74) is 3.21. The van der Waals surface area contributed by atoms with E-state index < -0.39 is 16.1 Å². The van der Waals surface area contributed by atoms with E-state index >= 15 is 0 Å². The molecule has 1 fully saturated rings. The van der Waals surface area contributed by atoms with Crippen LogP contribution in [0.4, 0.5) is 5.69 Å². The number of anilines is 1. The first-order valence-electron chi connectivity index (χ1n) is 10.1. The molecular formula is C22H25N3O4S. The van der Waals surface area contributed by atoms with Gasteiger partial charge in [-0.05, 0) is 49.1 Å². The molecule has 2 aromatic carbocycles. The summed E-state index contributed by atoms with van der Waals surface area (Å²) in [6.07, 6.45) is 1.50. The summed E-state index contributed by atoms with van der Waals surface area (Å²) in [5, 5.41) is 2.78. The van der Waals surface area contributed by atoms with Gasteiger partial charge in [0.2, 0.25) is 21.8 Å². The number of nitrogens with zero attached hydrogens (tertiary/aromatic N) is 2. The lowest BCUT2D eigenvalue weighted by Gasteiger charge is -2.35. The van der Waals surface area contributed by atoms with Crippen molar-refractivity contribution in [3.8, 4) is 0 Å². The van der Waals surface area contributed by atoms with Gasteiger partial charge in [0.25, 0.3) is 0 Å². The van der Waals surface area contributed by atoms with Gasteiger partial charge >= 0.3 is 0 Å². The van der Waals surface area contributed by atoms with Gasteiger partial charge in [-0.15, -0.1) is 0 Å². The smallest absolute Gasteiger partial charge is 0.244 e. The van der Waals surface area contributed by atoms with Crippen molar-refractivity contribution in [2.75, 3.05) is 24.5 Å². The van der Waals surface area contributed by atoms with E-state index in [0.29, 0.717) is 18.5 Å². The van der Waals surface area contributed by atoms with Crippen LogP contribution in [0.1, 0.15) is 36.1 Å². The maximum Gasteiger partial charge on any atom is 0.244 e. The molecule has 0 saturated carbocycles. The van der Waals surface area contributed by atoms with Crippen LogP contribution in [-0.4, -0.2) is 44.2 Å². The molecule has 2 amide bonds. The molecule has 1 atom stereocenters. The summed E-state index contributed by atoms with van der Waals surface area (Å²) in [6.45, 7) is 4.52. The highest BCUT2D eigenvalue weighted by Gasteiger charge is 2.40. The molecule has 2 aliphatic heterocycles. The molecule has 0 bridgehead atoms. The summed E-state index contributed by atoms with van der Waals surface area (Å²) < 4.78 is 28.4. The Labute approximate surface area is 176 Å². The number of carbonyl (C=O) groups is 2. The van der Waals surface area contributed by atoms with Crippen LogP contribution in [0.3, 0.4) is 0 Å². The van der Waals surface area contributed by atoms with E-state index in [4.69, 9.17) is 0 Å². The number of rotatable bonds is 3. The van der Waals surface area contributed by atoms with Gasteiger partial charge < -0.3 is 10.2 Å². The molecule has 2 aliphatic rings. The Morgan fingerprint density at radius 2 is 1.93 bits per heavy atom. The zero-order chi connectivity index (χ0) is 21.5. The number of nitrogens with one attached hydrogen (secondary N) is 1. The molecule has 1 unspecified atom stereocenters. The van der Waals surface area contributed by atoms with Crippen LogP contribution >= 0.6 is 0 Å².